The number of aryl methyl sites for hydroxylation is 2. The molecule has 1 aliphatic rings. The molecule has 23 heavy (non-hydrogen) atoms. The van der Waals surface area contributed by atoms with Crippen LogP contribution in [-0.2, 0) is 0 Å². The van der Waals surface area contributed by atoms with Crippen molar-refractivity contribution < 1.29 is 8.78 Å². The quantitative estimate of drug-likeness (QED) is 0.857. The smallest absolute Gasteiger partial charge is 0.251 e. The van der Waals surface area contributed by atoms with Crippen molar-refractivity contribution in [1.82, 2.24) is 24.9 Å². The van der Waals surface area contributed by atoms with E-state index in [0.29, 0.717) is 32.0 Å². The van der Waals surface area contributed by atoms with Crippen LogP contribution in [0, 0.1) is 13.8 Å². The first-order valence-electron chi connectivity index (χ1n) is 7.66. The second-order valence-corrected chi connectivity index (χ2v) is 5.77. The number of alkyl halides is 2. The van der Waals surface area contributed by atoms with E-state index in [1.54, 1.807) is 9.58 Å². The maximum Gasteiger partial charge on any atom is 0.251 e. The van der Waals surface area contributed by atoms with Gasteiger partial charge in [0.25, 0.3) is 6.43 Å². The first kappa shape index (κ1) is 15.8. The number of anilines is 1. The van der Waals surface area contributed by atoms with Gasteiger partial charge in [0.15, 0.2) is 11.6 Å². The minimum Gasteiger partial charge on any atom is -0.353 e. The zero-order valence-corrected chi connectivity index (χ0v) is 13.3. The highest BCUT2D eigenvalue weighted by atomic mass is 19.3. The Kier molecular flexibility index (Phi) is 4.51. The van der Waals surface area contributed by atoms with Gasteiger partial charge in [0.2, 0.25) is 0 Å². The van der Waals surface area contributed by atoms with Crippen LogP contribution in [0.15, 0.2) is 18.2 Å². The predicted molar refractivity (Wildman–Crippen MR) is 83.3 cm³/mol. The topological polar surface area (TPSA) is 50.1 Å². The molecule has 2 aromatic heterocycles. The molecular weight excluding hydrogens is 302 g/mol. The molecule has 0 bridgehead atoms. The molecule has 1 fully saturated rings. The highest BCUT2D eigenvalue weighted by Crippen LogP contribution is 2.15. The normalized spacial score (nSPS) is 16.3. The van der Waals surface area contributed by atoms with Crippen LogP contribution in [0.4, 0.5) is 14.6 Å². The van der Waals surface area contributed by atoms with Gasteiger partial charge >= 0.3 is 0 Å². The van der Waals surface area contributed by atoms with Crippen molar-refractivity contribution in [3.8, 4) is 5.82 Å². The summed E-state index contributed by atoms with van der Waals surface area (Å²) >= 11 is 0. The zero-order chi connectivity index (χ0) is 16.4. The average Bonchev–Trinajstić information content (AvgIpc) is 2.86. The van der Waals surface area contributed by atoms with Gasteiger partial charge in [0.1, 0.15) is 0 Å². The number of rotatable bonds is 4. The number of halogens is 2. The molecule has 124 valence electrons. The van der Waals surface area contributed by atoms with Gasteiger partial charge in [0, 0.05) is 31.9 Å². The van der Waals surface area contributed by atoms with Gasteiger partial charge in [-0.15, -0.1) is 10.2 Å². The summed E-state index contributed by atoms with van der Waals surface area (Å²) in [6, 6.07) is 5.77. The molecule has 0 N–H and O–H groups in total. The standard InChI is InChI=1S/C15H20F2N6/c1-11-9-12(2)23(20-11)15-4-3-14(18-19-15)22-7-5-21(6-8-22)10-13(16)17/h3-4,9,13H,5-8,10H2,1-2H3. The Bertz CT molecular complexity index is 646. The number of aromatic nitrogens is 4. The lowest BCUT2D eigenvalue weighted by atomic mass is 10.3. The van der Waals surface area contributed by atoms with Crippen LogP contribution in [0.25, 0.3) is 5.82 Å². The van der Waals surface area contributed by atoms with Gasteiger partial charge < -0.3 is 4.90 Å². The second-order valence-electron chi connectivity index (χ2n) is 5.77. The Morgan fingerprint density at radius 1 is 1.04 bits per heavy atom. The summed E-state index contributed by atoms with van der Waals surface area (Å²) in [6.45, 7) is 6.34. The summed E-state index contributed by atoms with van der Waals surface area (Å²) in [5, 5.41) is 12.9. The van der Waals surface area contributed by atoms with E-state index >= 15 is 0 Å². The molecule has 3 rings (SSSR count). The third-order valence-corrected chi connectivity index (χ3v) is 3.96. The fraction of sp³-hybridized carbons (Fsp3) is 0.533. The molecule has 0 unspecified atom stereocenters. The van der Waals surface area contributed by atoms with Crippen LogP contribution < -0.4 is 4.90 Å². The van der Waals surface area contributed by atoms with E-state index in [4.69, 9.17) is 0 Å². The Morgan fingerprint density at radius 2 is 1.70 bits per heavy atom. The summed E-state index contributed by atoms with van der Waals surface area (Å²) < 4.78 is 26.5. The second kappa shape index (κ2) is 6.57. The molecule has 3 heterocycles. The van der Waals surface area contributed by atoms with E-state index in [-0.39, 0.29) is 6.54 Å². The molecule has 0 atom stereocenters. The highest BCUT2D eigenvalue weighted by molar-refractivity contribution is 5.40. The summed E-state index contributed by atoms with van der Waals surface area (Å²) in [5.74, 6) is 1.45. The Labute approximate surface area is 133 Å². The van der Waals surface area contributed by atoms with Gasteiger partial charge in [-0.2, -0.15) is 5.10 Å². The fourth-order valence-corrected chi connectivity index (χ4v) is 2.82. The van der Waals surface area contributed by atoms with E-state index in [1.807, 2.05) is 32.0 Å². The van der Waals surface area contributed by atoms with Gasteiger partial charge in [-0.25, -0.2) is 13.5 Å². The van der Waals surface area contributed by atoms with E-state index in [1.165, 1.54) is 0 Å². The summed E-state index contributed by atoms with van der Waals surface area (Å²) in [7, 11) is 0. The van der Waals surface area contributed by atoms with Gasteiger partial charge in [-0.05, 0) is 32.0 Å². The summed E-state index contributed by atoms with van der Waals surface area (Å²) in [4.78, 5) is 3.85. The molecule has 0 radical (unpaired) electrons. The lowest BCUT2D eigenvalue weighted by molar-refractivity contribution is 0.0853. The molecule has 1 aliphatic heterocycles. The van der Waals surface area contributed by atoms with Gasteiger partial charge in [0.05, 0.1) is 12.2 Å². The van der Waals surface area contributed by atoms with Gasteiger partial charge in [-0.1, -0.05) is 0 Å². The zero-order valence-electron chi connectivity index (χ0n) is 13.3. The first-order valence-corrected chi connectivity index (χ1v) is 7.66. The maximum atomic E-state index is 12.4. The summed E-state index contributed by atoms with van der Waals surface area (Å²) in [5.41, 5.74) is 1.94. The minimum absolute atomic E-state index is 0.156. The maximum absolute atomic E-state index is 12.4. The molecule has 2 aromatic rings. The highest BCUT2D eigenvalue weighted by Gasteiger charge is 2.20. The van der Waals surface area contributed by atoms with Crippen molar-refractivity contribution in [2.75, 3.05) is 37.6 Å². The number of nitrogens with zero attached hydrogens (tertiary/aromatic N) is 6. The third-order valence-electron chi connectivity index (χ3n) is 3.96. The van der Waals surface area contributed by atoms with E-state index < -0.39 is 6.43 Å². The Morgan fingerprint density at radius 3 is 2.22 bits per heavy atom. The van der Waals surface area contributed by atoms with Crippen molar-refractivity contribution in [2.45, 2.75) is 20.3 Å². The van der Waals surface area contributed by atoms with Crippen LogP contribution in [-0.4, -0.2) is 64.0 Å². The molecule has 0 amide bonds. The molecular formula is C15H20F2N6. The molecule has 6 nitrogen and oxygen atoms in total. The van der Waals surface area contributed by atoms with Crippen molar-refractivity contribution in [1.29, 1.82) is 0 Å². The van der Waals surface area contributed by atoms with Gasteiger partial charge in [-0.3, -0.25) is 4.90 Å². The van der Waals surface area contributed by atoms with Crippen LogP contribution in [0.1, 0.15) is 11.4 Å². The van der Waals surface area contributed by atoms with Crippen LogP contribution in [0.5, 0.6) is 0 Å². The molecule has 0 spiro atoms. The fourth-order valence-electron chi connectivity index (χ4n) is 2.82. The predicted octanol–water partition coefficient (Wildman–Crippen LogP) is 1.67. The van der Waals surface area contributed by atoms with Crippen molar-refractivity contribution in [2.24, 2.45) is 0 Å². The summed E-state index contributed by atoms with van der Waals surface area (Å²) in [6.07, 6.45) is -2.28. The van der Waals surface area contributed by atoms with Crippen molar-refractivity contribution >= 4 is 5.82 Å². The van der Waals surface area contributed by atoms with E-state index in [2.05, 4.69) is 20.2 Å². The molecule has 0 saturated carbocycles. The molecule has 0 aliphatic carbocycles. The molecule has 8 heteroatoms. The molecule has 1 saturated heterocycles. The number of hydrogen-bond donors (Lipinski definition) is 0. The van der Waals surface area contributed by atoms with Crippen LogP contribution in [0.2, 0.25) is 0 Å². The van der Waals surface area contributed by atoms with Crippen molar-refractivity contribution in [3.05, 3.63) is 29.6 Å². The molecule has 0 aromatic carbocycles. The van der Waals surface area contributed by atoms with E-state index in [9.17, 15) is 8.78 Å². The number of piperazine rings is 1. The number of hydrogen-bond acceptors (Lipinski definition) is 5. The first-order chi connectivity index (χ1) is 11.0. The van der Waals surface area contributed by atoms with Crippen LogP contribution in [0.3, 0.4) is 0 Å². The Balaban J connectivity index is 1.65. The van der Waals surface area contributed by atoms with E-state index in [0.717, 1.165) is 17.2 Å². The largest absolute Gasteiger partial charge is 0.353 e. The third kappa shape index (κ3) is 3.64. The average molecular weight is 322 g/mol. The lowest BCUT2D eigenvalue weighted by Gasteiger charge is -2.34. The minimum atomic E-state index is -2.28. The Hall–Kier alpha value is -2.09. The van der Waals surface area contributed by atoms with Crippen molar-refractivity contribution in [3.63, 3.8) is 0 Å². The monoisotopic (exact) mass is 322 g/mol. The lowest BCUT2D eigenvalue weighted by Crippen LogP contribution is -2.48. The SMILES string of the molecule is Cc1cc(C)n(-c2ccc(N3CCN(CC(F)F)CC3)nn2)n1. The van der Waals surface area contributed by atoms with Crippen LogP contribution >= 0.6 is 0 Å².